The molecule has 0 saturated heterocycles. The minimum Gasteiger partial charge on any atom is -0.385 e. The van der Waals surface area contributed by atoms with Gasteiger partial charge in [0.05, 0.1) is 5.60 Å². The maximum atomic E-state index is 10.9. The highest BCUT2D eigenvalue weighted by Crippen LogP contribution is 2.36. The SMILES string of the molecule is OC1(c2cccc(Cl)c2)CCc2ccccc2C1. The van der Waals surface area contributed by atoms with Gasteiger partial charge in [-0.3, -0.25) is 0 Å². The van der Waals surface area contributed by atoms with E-state index in [9.17, 15) is 5.11 Å². The molecule has 3 rings (SSSR count). The molecule has 0 spiro atoms. The molecule has 2 aromatic carbocycles. The van der Waals surface area contributed by atoms with Crippen LogP contribution in [0.1, 0.15) is 23.1 Å². The van der Waals surface area contributed by atoms with Gasteiger partial charge in [-0.05, 0) is 41.7 Å². The van der Waals surface area contributed by atoms with E-state index in [1.807, 2.05) is 30.3 Å². The molecule has 0 radical (unpaired) electrons. The smallest absolute Gasteiger partial charge is 0.0940 e. The molecule has 0 saturated carbocycles. The Kier molecular flexibility index (Phi) is 2.89. The molecule has 1 aliphatic rings. The standard InChI is InChI=1S/C16H15ClO/c17-15-7-3-6-14(10-15)16(18)9-8-12-4-1-2-5-13(12)11-16/h1-7,10,18H,8-9,11H2. The lowest BCUT2D eigenvalue weighted by molar-refractivity contribution is 0.0223. The van der Waals surface area contributed by atoms with Gasteiger partial charge >= 0.3 is 0 Å². The first-order valence-electron chi connectivity index (χ1n) is 6.23. The van der Waals surface area contributed by atoms with Gasteiger partial charge in [0.2, 0.25) is 0 Å². The Hall–Kier alpha value is -1.31. The van der Waals surface area contributed by atoms with Crippen LogP contribution in [0, 0.1) is 0 Å². The minimum atomic E-state index is -0.779. The van der Waals surface area contributed by atoms with E-state index in [1.165, 1.54) is 11.1 Å². The third kappa shape index (κ3) is 2.05. The average molecular weight is 259 g/mol. The Balaban J connectivity index is 1.99. The number of aliphatic hydroxyl groups is 1. The second kappa shape index (κ2) is 4.42. The van der Waals surface area contributed by atoms with Crippen LogP contribution >= 0.6 is 11.6 Å². The van der Waals surface area contributed by atoms with E-state index in [0.717, 1.165) is 18.4 Å². The Morgan fingerprint density at radius 1 is 1.00 bits per heavy atom. The Morgan fingerprint density at radius 3 is 2.56 bits per heavy atom. The van der Waals surface area contributed by atoms with E-state index in [0.29, 0.717) is 11.4 Å². The summed E-state index contributed by atoms with van der Waals surface area (Å²) >= 11 is 6.02. The van der Waals surface area contributed by atoms with Crippen LogP contribution < -0.4 is 0 Å². The summed E-state index contributed by atoms with van der Waals surface area (Å²) in [5.74, 6) is 0. The van der Waals surface area contributed by atoms with Crippen LogP contribution in [-0.2, 0) is 18.4 Å². The number of aryl methyl sites for hydroxylation is 1. The van der Waals surface area contributed by atoms with Crippen molar-refractivity contribution in [1.29, 1.82) is 0 Å². The molecule has 0 aromatic heterocycles. The lowest BCUT2D eigenvalue weighted by Gasteiger charge is -2.34. The molecule has 2 aromatic rings. The topological polar surface area (TPSA) is 20.2 Å². The van der Waals surface area contributed by atoms with Crippen molar-refractivity contribution in [2.45, 2.75) is 24.9 Å². The summed E-state index contributed by atoms with van der Waals surface area (Å²) < 4.78 is 0. The summed E-state index contributed by atoms with van der Waals surface area (Å²) in [7, 11) is 0. The number of fused-ring (bicyclic) bond motifs is 1. The lowest BCUT2D eigenvalue weighted by Crippen LogP contribution is -2.33. The van der Waals surface area contributed by atoms with E-state index in [1.54, 1.807) is 0 Å². The molecule has 0 aliphatic heterocycles. The van der Waals surface area contributed by atoms with Gasteiger partial charge in [-0.25, -0.2) is 0 Å². The summed E-state index contributed by atoms with van der Waals surface area (Å²) in [6, 6.07) is 15.9. The van der Waals surface area contributed by atoms with E-state index in [4.69, 9.17) is 11.6 Å². The van der Waals surface area contributed by atoms with Crippen molar-refractivity contribution < 1.29 is 5.11 Å². The monoisotopic (exact) mass is 258 g/mol. The second-order valence-electron chi connectivity index (χ2n) is 4.99. The quantitative estimate of drug-likeness (QED) is 0.827. The fraction of sp³-hybridized carbons (Fsp3) is 0.250. The van der Waals surface area contributed by atoms with E-state index >= 15 is 0 Å². The van der Waals surface area contributed by atoms with E-state index in [2.05, 4.69) is 18.2 Å². The van der Waals surface area contributed by atoms with Gasteiger partial charge in [-0.1, -0.05) is 48.0 Å². The Morgan fingerprint density at radius 2 is 1.78 bits per heavy atom. The second-order valence-corrected chi connectivity index (χ2v) is 5.42. The predicted molar refractivity (Wildman–Crippen MR) is 73.8 cm³/mol. The van der Waals surface area contributed by atoms with Crippen molar-refractivity contribution in [3.8, 4) is 0 Å². The van der Waals surface area contributed by atoms with Crippen molar-refractivity contribution in [3.05, 3.63) is 70.2 Å². The van der Waals surface area contributed by atoms with Gasteiger partial charge < -0.3 is 5.11 Å². The molecule has 1 nitrogen and oxygen atoms in total. The molecular formula is C16H15ClO. The van der Waals surface area contributed by atoms with Gasteiger partial charge in [0, 0.05) is 11.4 Å². The summed E-state index contributed by atoms with van der Waals surface area (Å²) in [6.45, 7) is 0. The van der Waals surface area contributed by atoms with Crippen LogP contribution in [-0.4, -0.2) is 5.11 Å². The molecule has 1 unspecified atom stereocenters. The fourth-order valence-electron chi connectivity index (χ4n) is 2.74. The van der Waals surface area contributed by atoms with Crippen LogP contribution in [0.25, 0.3) is 0 Å². The van der Waals surface area contributed by atoms with E-state index < -0.39 is 5.60 Å². The largest absolute Gasteiger partial charge is 0.385 e. The first-order valence-corrected chi connectivity index (χ1v) is 6.60. The highest BCUT2D eigenvalue weighted by atomic mass is 35.5. The summed E-state index contributed by atoms with van der Waals surface area (Å²) in [6.07, 6.45) is 2.34. The van der Waals surface area contributed by atoms with Crippen molar-refractivity contribution in [1.82, 2.24) is 0 Å². The summed E-state index contributed by atoms with van der Waals surface area (Å²) in [5.41, 5.74) is 2.74. The number of hydrogen-bond donors (Lipinski definition) is 1. The normalized spacial score (nSPS) is 22.6. The van der Waals surface area contributed by atoms with E-state index in [-0.39, 0.29) is 0 Å². The van der Waals surface area contributed by atoms with Crippen LogP contribution in [0.15, 0.2) is 48.5 Å². The lowest BCUT2D eigenvalue weighted by atomic mass is 9.76. The predicted octanol–water partition coefficient (Wildman–Crippen LogP) is 3.72. The van der Waals surface area contributed by atoms with Gasteiger partial charge in [-0.2, -0.15) is 0 Å². The number of rotatable bonds is 1. The van der Waals surface area contributed by atoms with Gasteiger partial charge in [0.1, 0.15) is 0 Å². The first kappa shape index (κ1) is 11.8. The molecule has 18 heavy (non-hydrogen) atoms. The number of benzene rings is 2. The maximum Gasteiger partial charge on any atom is 0.0940 e. The Bertz CT molecular complexity index is 579. The summed E-state index contributed by atoms with van der Waals surface area (Å²) in [4.78, 5) is 0. The highest BCUT2D eigenvalue weighted by molar-refractivity contribution is 6.30. The van der Waals surface area contributed by atoms with Gasteiger partial charge in [0.15, 0.2) is 0 Å². The zero-order valence-electron chi connectivity index (χ0n) is 10.1. The molecule has 0 amide bonds. The maximum absolute atomic E-state index is 10.9. The van der Waals surface area contributed by atoms with Crippen molar-refractivity contribution in [2.75, 3.05) is 0 Å². The minimum absolute atomic E-state index is 0.670. The zero-order valence-corrected chi connectivity index (χ0v) is 10.8. The van der Waals surface area contributed by atoms with Crippen LogP contribution in [0.4, 0.5) is 0 Å². The molecule has 1 aliphatic carbocycles. The number of halogens is 1. The molecule has 1 N–H and O–H groups in total. The molecular weight excluding hydrogens is 244 g/mol. The molecule has 2 heteroatoms. The fourth-order valence-corrected chi connectivity index (χ4v) is 2.93. The molecule has 92 valence electrons. The molecule has 0 heterocycles. The van der Waals surface area contributed by atoms with Crippen molar-refractivity contribution >= 4 is 11.6 Å². The third-order valence-electron chi connectivity index (χ3n) is 3.77. The van der Waals surface area contributed by atoms with Crippen LogP contribution in [0.2, 0.25) is 5.02 Å². The van der Waals surface area contributed by atoms with Gasteiger partial charge in [0.25, 0.3) is 0 Å². The van der Waals surface area contributed by atoms with Crippen molar-refractivity contribution in [3.63, 3.8) is 0 Å². The molecule has 0 bridgehead atoms. The van der Waals surface area contributed by atoms with Gasteiger partial charge in [-0.15, -0.1) is 0 Å². The average Bonchev–Trinajstić information content (AvgIpc) is 2.38. The van der Waals surface area contributed by atoms with Crippen LogP contribution in [0.3, 0.4) is 0 Å². The number of hydrogen-bond acceptors (Lipinski definition) is 1. The third-order valence-corrected chi connectivity index (χ3v) is 4.01. The first-order chi connectivity index (χ1) is 8.67. The molecule has 0 fully saturated rings. The highest BCUT2D eigenvalue weighted by Gasteiger charge is 2.33. The van der Waals surface area contributed by atoms with Crippen molar-refractivity contribution in [2.24, 2.45) is 0 Å². The summed E-state index contributed by atoms with van der Waals surface area (Å²) in [5, 5.41) is 11.5. The molecule has 1 atom stereocenters. The van der Waals surface area contributed by atoms with Crippen LogP contribution in [0.5, 0.6) is 0 Å². The Labute approximate surface area is 112 Å². The zero-order chi connectivity index (χ0) is 12.6.